The summed E-state index contributed by atoms with van der Waals surface area (Å²) in [5.74, 6) is 0. The second kappa shape index (κ2) is 6.59. The van der Waals surface area contributed by atoms with Gasteiger partial charge in [0.15, 0.2) is 11.3 Å². The SMILES string of the molecule is O=c1cc(C(F)(F)F)nc2cc(-c3ccccc3)n(-c3ccc([N+](=O)[O-])cc3)n12. The van der Waals surface area contributed by atoms with Crippen molar-refractivity contribution in [1.82, 2.24) is 14.2 Å². The fourth-order valence-electron chi connectivity index (χ4n) is 3.01. The van der Waals surface area contributed by atoms with Crippen LogP contribution in [0.25, 0.3) is 22.6 Å². The highest BCUT2D eigenvalue weighted by molar-refractivity contribution is 5.67. The van der Waals surface area contributed by atoms with E-state index in [0.29, 0.717) is 23.0 Å². The third kappa shape index (κ3) is 3.24. The zero-order chi connectivity index (χ0) is 20.8. The van der Waals surface area contributed by atoms with E-state index in [2.05, 4.69) is 4.98 Å². The molecular weight excluding hydrogens is 389 g/mol. The Kier molecular flexibility index (Phi) is 4.18. The van der Waals surface area contributed by atoms with Crippen molar-refractivity contribution in [3.63, 3.8) is 0 Å². The molecule has 0 aliphatic rings. The number of hydrogen-bond acceptors (Lipinski definition) is 4. The number of nitrogens with zero attached hydrogens (tertiary/aromatic N) is 4. The molecule has 146 valence electrons. The van der Waals surface area contributed by atoms with E-state index in [0.717, 1.165) is 4.52 Å². The standard InChI is InChI=1S/C19H11F3N4O3/c20-19(21,22)16-11-18(27)25-17(23-16)10-15(12-4-2-1-3-5-12)24(25)13-6-8-14(9-7-13)26(28)29/h1-11H. The zero-order valence-electron chi connectivity index (χ0n) is 14.5. The van der Waals surface area contributed by atoms with Crippen LogP contribution in [0, 0.1) is 10.1 Å². The second-order valence-corrected chi connectivity index (χ2v) is 6.13. The minimum absolute atomic E-state index is 0.156. The van der Waals surface area contributed by atoms with Crippen LogP contribution in [0.5, 0.6) is 0 Å². The lowest BCUT2D eigenvalue weighted by Gasteiger charge is -2.12. The number of hydrogen-bond donors (Lipinski definition) is 0. The van der Waals surface area contributed by atoms with Gasteiger partial charge in [-0.3, -0.25) is 14.9 Å². The molecule has 0 fully saturated rings. The number of halogens is 3. The third-order valence-corrected chi connectivity index (χ3v) is 4.28. The number of rotatable bonds is 3. The quantitative estimate of drug-likeness (QED) is 0.383. The summed E-state index contributed by atoms with van der Waals surface area (Å²) < 4.78 is 41.6. The maximum Gasteiger partial charge on any atom is 0.433 e. The van der Waals surface area contributed by atoms with Crippen molar-refractivity contribution in [2.75, 3.05) is 0 Å². The van der Waals surface area contributed by atoms with Crippen molar-refractivity contribution in [2.24, 2.45) is 0 Å². The van der Waals surface area contributed by atoms with E-state index in [1.807, 2.05) is 0 Å². The van der Waals surface area contributed by atoms with Gasteiger partial charge < -0.3 is 0 Å². The Balaban J connectivity index is 2.05. The first-order valence-corrected chi connectivity index (χ1v) is 8.29. The fourth-order valence-corrected chi connectivity index (χ4v) is 3.01. The number of nitro groups is 1. The van der Waals surface area contributed by atoms with Crippen LogP contribution in [0.2, 0.25) is 0 Å². The highest BCUT2D eigenvalue weighted by Crippen LogP contribution is 2.30. The molecule has 0 N–H and O–H groups in total. The van der Waals surface area contributed by atoms with Gasteiger partial charge >= 0.3 is 6.18 Å². The van der Waals surface area contributed by atoms with Crippen LogP contribution >= 0.6 is 0 Å². The molecule has 0 aliphatic heterocycles. The summed E-state index contributed by atoms with van der Waals surface area (Å²) in [4.78, 5) is 26.5. The molecule has 0 saturated heterocycles. The minimum Gasteiger partial charge on any atom is -0.267 e. The van der Waals surface area contributed by atoms with Gasteiger partial charge in [-0.1, -0.05) is 30.3 Å². The van der Waals surface area contributed by atoms with Crippen molar-refractivity contribution in [2.45, 2.75) is 6.18 Å². The summed E-state index contributed by atoms with van der Waals surface area (Å²) in [5, 5.41) is 10.9. The highest BCUT2D eigenvalue weighted by Gasteiger charge is 2.34. The van der Waals surface area contributed by atoms with E-state index in [1.54, 1.807) is 30.3 Å². The Morgan fingerprint density at radius 1 is 0.966 bits per heavy atom. The van der Waals surface area contributed by atoms with E-state index >= 15 is 0 Å². The van der Waals surface area contributed by atoms with E-state index in [4.69, 9.17) is 0 Å². The Bertz CT molecular complexity index is 1280. The van der Waals surface area contributed by atoms with Crippen molar-refractivity contribution in [3.05, 3.63) is 92.9 Å². The molecule has 2 aromatic carbocycles. The number of fused-ring (bicyclic) bond motifs is 1. The third-order valence-electron chi connectivity index (χ3n) is 4.28. The molecular formula is C19H11F3N4O3. The number of non-ortho nitro benzene ring substituents is 1. The summed E-state index contributed by atoms with van der Waals surface area (Å²) >= 11 is 0. The Labute approximate surface area is 160 Å². The summed E-state index contributed by atoms with van der Waals surface area (Å²) in [5.41, 5.74) is -1.18. The average molecular weight is 400 g/mol. The Hall–Kier alpha value is -3.95. The smallest absolute Gasteiger partial charge is 0.267 e. The van der Waals surface area contributed by atoms with E-state index in [1.165, 1.54) is 35.0 Å². The van der Waals surface area contributed by atoms with Gasteiger partial charge in [0.05, 0.1) is 16.3 Å². The molecule has 4 rings (SSSR count). The van der Waals surface area contributed by atoms with Gasteiger partial charge in [0.25, 0.3) is 11.2 Å². The number of nitro benzene ring substituents is 1. The molecule has 0 aliphatic carbocycles. The Morgan fingerprint density at radius 3 is 2.21 bits per heavy atom. The van der Waals surface area contributed by atoms with E-state index in [-0.39, 0.29) is 11.3 Å². The minimum atomic E-state index is -4.77. The topological polar surface area (TPSA) is 82.4 Å². The molecule has 0 unspecified atom stereocenters. The summed E-state index contributed by atoms with van der Waals surface area (Å²) in [7, 11) is 0. The molecule has 10 heteroatoms. The van der Waals surface area contributed by atoms with Crippen LogP contribution < -0.4 is 5.56 Å². The molecule has 2 aromatic heterocycles. The molecule has 7 nitrogen and oxygen atoms in total. The predicted octanol–water partition coefficient (Wildman–Crippen LogP) is 4.08. The van der Waals surface area contributed by atoms with Crippen LogP contribution in [0.15, 0.2) is 71.5 Å². The molecule has 0 radical (unpaired) electrons. The molecule has 0 spiro atoms. The lowest BCUT2D eigenvalue weighted by molar-refractivity contribution is -0.384. The normalized spacial score (nSPS) is 11.7. The van der Waals surface area contributed by atoms with Crippen LogP contribution in [-0.2, 0) is 6.18 Å². The lowest BCUT2D eigenvalue weighted by atomic mass is 10.1. The van der Waals surface area contributed by atoms with Crippen molar-refractivity contribution in [1.29, 1.82) is 0 Å². The molecule has 29 heavy (non-hydrogen) atoms. The zero-order valence-corrected chi connectivity index (χ0v) is 14.5. The monoisotopic (exact) mass is 400 g/mol. The van der Waals surface area contributed by atoms with Crippen molar-refractivity contribution in [3.8, 4) is 16.9 Å². The molecule has 0 saturated carbocycles. The summed E-state index contributed by atoms with van der Waals surface area (Å²) in [6.07, 6.45) is -4.77. The number of aromatic nitrogens is 3. The van der Waals surface area contributed by atoms with Crippen LogP contribution in [-0.4, -0.2) is 19.1 Å². The largest absolute Gasteiger partial charge is 0.433 e. The van der Waals surface area contributed by atoms with Gasteiger partial charge in [-0.05, 0) is 12.1 Å². The Morgan fingerprint density at radius 2 is 1.62 bits per heavy atom. The number of alkyl halides is 3. The molecule has 0 amide bonds. The van der Waals surface area contributed by atoms with Gasteiger partial charge in [0, 0.05) is 29.8 Å². The van der Waals surface area contributed by atoms with Gasteiger partial charge in [0.1, 0.15) is 0 Å². The van der Waals surface area contributed by atoms with Gasteiger partial charge in [0.2, 0.25) is 0 Å². The molecule has 2 heterocycles. The van der Waals surface area contributed by atoms with Crippen LogP contribution in [0.3, 0.4) is 0 Å². The molecule has 4 aromatic rings. The summed E-state index contributed by atoms with van der Waals surface area (Å²) in [6, 6.07) is 15.8. The fraction of sp³-hybridized carbons (Fsp3) is 0.0526. The first kappa shape index (κ1) is 18.4. The molecule has 0 atom stereocenters. The highest BCUT2D eigenvalue weighted by atomic mass is 19.4. The first-order chi connectivity index (χ1) is 13.8. The van der Waals surface area contributed by atoms with Crippen LogP contribution in [0.4, 0.5) is 18.9 Å². The summed E-state index contributed by atoms with van der Waals surface area (Å²) in [6.45, 7) is 0. The number of benzene rings is 2. The maximum atomic E-state index is 13.1. The first-order valence-electron chi connectivity index (χ1n) is 8.29. The predicted molar refractivity (Wildman–Crippen MR) is 97.9 cm³/mol. The van der Waals surface area contributed by atoms with Crippen molar-refractivity contribution < 1.29 is 18.1 Å². The van der Waals surface area contributed by atoms with Gasteiger partial charge in [-0.2, -0.15) is 17.7 Å². The molecule has 0 bridgehead atoms. The second-order valence-electron chi connectivity index (χ2n) is 6.13. The van der Waals surface area contributed by atoms with Gasteiger partial charge in [-0.15, -0.1) is 0 Å². The average Bonchev–Trinajstić information content (AvgIpc) is 3.08. The van der Waals surface area contributed by atoms with E-state index in [9.17, 15) is 28.1 Å². The van der Waals surface area contributed by atoms with Crippen LogP contribution in [0.1, 0.15) is 5.69 Å². The van der Waals surface area contributed by atoms with Gasteiger partial charge in [-0.25, -0.2) is 9.67 Å². The lowest BCUT2D eigenvalue weighted by Crippen LogP contribution is -2.23. The van der Waals surface area contributed by atoms with Crippen molar-refractivity contribution >= 4 is 11.3 Å². The maximum absolute atomic E-state index is 13.1. The van der Waals surface area contributed by atoms with E-state index < -0.39 is 22.4 Å².